The number of nitrogens with two attached hydrogens (primary N) is 1. The Labute approximate surface area is 129 Å². The van der Waals surface area contributed by atoms with Crippen LogP contribution in [0, 0.1) is 29.1 Å². The SMILES string of the molecule is CC(C)COCCOCC(N)C12CC3CC(CC(C3)C1)C2. The van der Waals surface area contributed by atoms with E-state index in [0.717, 1.165) is 31.0 Å². The Bertz CT molecular complexity index is 307. The van der Waals surface area contributed by atoms with E-state index >= 15 is 0 Å². The largest absolute Gasteiger partial charge is 0.379 e. The molecule has 4 aliphatic rings. The van der Waals surface area contributed by atoms with Crippen LogP contribution in [-0.2, 0) is 9.47 Å². The van der Waals surface area contributed by atoms with Crippen LogP contribution in [0.15, 0.2) is 0 Å². The number of rotatable bonds is 8. The molecule has 4 bridgehead atoms. The molecule has 4 fully saturated rings. The molecule has 0 aromatic carbocycles. The lowest BCUT2D eigenvalue weighted by Gasteiger charge is -2.58. The second kappa shape index (κ2) is 6.55. The molecule has 4 rings (SSSR count). The van der Waals surface area contributed by atoms with Gasteiger partial charge in [-0.25, -0.2) is 0 Å². The first kappa shape index (κ1) is 15.8. The zero-order valence-electron chi connectivity index (χ0n) is 13.9. The first-order chi connectivity index (χ1) is 10.1. The normalized spacial score (nSPS) is 39.1. The van der Waals surface area contributed by atoms with Gasteiger partial charge >= 0.3 is 0 Å². The third-order valence-electron chi connectivity index (χ3n) is 5.99. The van der Waals surface area contributed by atoms with Crippen molar-refractivity contribution in [2.75, 3.05) is 26.4 Å². The van der Waals surface area contributed by atoms with E-state index < -0.39 is 0 Å². The monoisotopic (exact) mass is 295 g/mol. The molecule has 0 aromatic rings. The highest BCUT2D eigenvalue weighted by molar-refractivity contribution is 5.05. The van der Waals surface area contributed by atoms with Gasteiger partial charge in [0.05, 0.1) is 19.8 Å². The van der Waals surface area contributed by atoms with E-state index in [2.05, 4.69) is 13.8 Å². The summed E-state index contributed by atoms with van der Waals surface area (Å²) >= 11 is 0. The van der Waals surface area contributed by atoms with E-state index in [1.807, 2.05) is 0 Å². The Kier molecular flexibility index (Phi) is 4.92. The van der Waals surface area contributed by atoms with E-state index in [0.29, 0.717) is 24.5 Å². The second-order valence-corrected chi connectivity index (χ2v) is 8.43. The summed E-state index contributed by atoms with van der Waals surface area (Å²) in [5, 5.41) is 0. The average Bonchev–Trinajstić information content (AvgIpc) is 2.40. The smallest absolute Gasteiger partial charge is 0.0701 e. The van der Waals surface area contributed by atoms with Crippen molar-refractivity contribution in [3.63, 3.8) is 0 Å². The molecule has 4 aliphatic carbocycles. The first-order valence-corrected chi connectivity index (χ1v) is 8.98. The fraction of sp³-hybridized carbons (Fsp3) is 1.00. The van der Waals surface area contributed by atoms with Gasteiger partial charge in [-0.1, -0.05) is 13.8 Å². The molecule has 1 unspecified atom stereocenters. The molecular weight excluding hydrogens is 262 g/mol. The molecule has 0 amide bonds. The van der Waals surface area contributed by atoms with Crippen LogP contribution in [0.4, 0.5) is 0 Å². The molecule has 0 radical (unpaired) electrons. The summed E-state index contributed by atoms with van der Waals surface area (Å²) < 4.78 is 11.4. The molecule has 2 N–H and O–H groups in total. The molecule has 0 aliphatic heterocycles. The molecule has 3 heteroatoms. The van der Waals surface area contributed by atoms with Crippen LogP contribution >= 0.6 is 0 Å². The third kappa shape index (κ3) is 3.62. The summed E-state index contributed by atoms with van der Waals surface area (Å²) in [7, 11) is 0. The molecule has 122 valence electrons. The van der Waals surface area contributed by atoms with Gasteiger partial charge in [0.2, 0.25) is 0 Å². The van der Waals surface area contributed by atoms with E-state index in [1.165, 1.54) is 38.5 Å². The summed E-state index contributed by atoms with van der Waals surface area (Å²) in [6, 6.07) is 0.232. The zero-order chi connectivity index (χ0) is 14.9. The molecule has 0 aromatic heterocycles. The van der Waals surface area contributed by atoms with Gasteiger partial charge < -0.3 is 15.2 Å². The Hall–Kier alpha value is -0.120. The highest BCUT2D eigenvalue weighted by atomic mass is 16.5. The van der Waals surface area contributed by atoms with Crippen LogP contribution < -0.4 is 5.73 Å². The topological polar surface area (TPSA) is 44.5 Å². The Morgan fingerprint density at radius 1 is 0.905 bits per heavy atom. The van der Waals surface area contributed by atoms with Crippen molar-refractivity contribution >= 4 is 0 Å². The maximum Gasteiger partial charge on any atom is 0.0701 e. The van der Waals surface area contributed by atoms with Crippen molar-refractivity contribution in [2.45, 2.75) is 58.4 Å². The quantitative estimate of drug-likeness (QED) is 0.699. The highest BCUT2D eigenvalue weighted by Gasteiger charge is 2.53. The molecule has 0 spiro atoms. The third-order valence-corrected chi connectivity index (χ3v) is 5.99. The van der Waals surface area contributed by atoms with Gasteiger partial charge in [-0.3, -0.25) is 0 Å². The number of ether oxygens (including phenoxy) is 2. The summed E-state index contributed by atoms with van der Waals surface area (Å²) in [5.41, 5.74) is 6.98. The summed E-state index contributed by atoms with van der Waals surface area (Å²) in [6.45, 7) is 7.27. The van der Waals surface area contributed by atoms with Gasteiger partial charge in [0.15, 0.2) is 0 Å². The predicted molar refractivity (Wildman–Crippen MR) is 85.1 cm³/mol. The van der Waals surface area contributed by atoms with Crippen LogP contribution in [-0.4, -0.2) is 32.5 Å². The second-order valence-electron chi connectivity index (χ2n) is 8.43. The number of hydrogen-bond acceptors (Lipinski definition) is 3. The van der Waals surface area contributed by atoms with Gasteiger partial charge in [-0.15, -0.1) is 0 Å². The van der Waals surface area contributed by atoms with Crippen molar-refractivity contribution in [1.29, 1.82) is 0 Å². The van der Waals surface area contributed by atoms with Crippen LogP contribution in [0.1, 0.15) is 52.4 Å². The molecule has 1 atom stereocenters. The zero-order valence-corrected chi connectivity index (χ0v) is 13.9. The summed E-state index contributed by atoms with van der Waals surface area (Å²) in [6.07, 6.45) is 8.55. The molecular formula is C18H33NO2. The van der Waals surface area contributed by atoms with E-state index in [-0.39, 0.29) is 6.04 Å². The van der Waals surface area contributed by atoms with Crippen LogP contribution in [0.3, 0.4) is 0 Å². The minimum atomic E-state index is 0.232. The van der Waals surface area contributed by atoms with Gasteiger partial charge in [0, 0.05) is 12.6 Å². The van der Waals surface area contributed by atoms with Crippen LogP contribution in [0.2, 0.25) is 0 Å². The first-order valence-electron chi connectivity index (χ1n) is 8.98. The van der Waals surface area contributed by atoms with Gasteiger partial charge in [-0.2, -0.15) is 0 Å². The van der Waals surface area contributed by atoms with E-state index in [4.69, 9.17) is 15.2 Å². The van der Waals surface area contributed by atoms with Gasteiger partial charge in [0.25, 0.3) is 0 Å². The molecule has 21 heavy (non-hydrogen) atoms. The Morgan fingerprint density at radius 3 is 1.86 bits per heavy atom. The summed E-state index contributed by atoms with van der Waals surface area (Å²) in [5.74, 6) is 3.50. The fourth-order valence-electron chi connectivity index (χ4n) is 5.46. The van der Waals surface area contributed by atoms with Crippen molar-refractivity contribution in [3.8, 4) is 0 Å². The van der Waals surface area contributed by atoms with Crippen molar-refractivity contribution in [1.82, 2.24) is 0 Å². The van der Waals surface area contributed by atoms with Gasteiger partial charge in [-0.05, 0) is 67.6 Å². The maximum absolute atomic E-state index is 6.57. The standard InChI is InChI=1S/C18H33NO2/c1-13(2)11-20-3-4-21-12-17(19)18-8-14-5-15(9-18)7-16(6-14)10-18/h13-17H,3-12,19H2,1-2H3. The van der Waals surface area contributed by atoms with E-state index in [9.17, 15) is 0 Å². The fourth-order valence-corrected chi connectivity index (χ4v) is 5.46. The molecule has 0 heterocycles. The lowest BCUT2D eigenvalue weighted by atomic mass is 9.48. The van der Waals surface area contributed by atoms with Crippen LogP contribution in [0.25, 0.3) is 0 Å². The summed E-state index contributed by atoms with van der Waals surface area (Å²) in [4.78, 5) is 0. The molecule has 4 saturated carbocycles. The molecule has 0 saturated heterocycles. The Balaban J connectivity index is 1.40. The van der Waals surface area contributed by atoms with E-state index in [1.54, 1.807) is 0 Å². The van der Waals surface area contributed by atoms with Crippen molar-refractivity contribution < 1.29 is 9.47 Å². The van der Waals surface area contributed by atoms with Crippen molar-refractivity contribution in [2.24, 2.45) is 34.8 Å². The maximum atomic E-state index is 6.57. The predicted octanol–water partition coefficient (Wildman–Crippen LogP) is 3.22. The minimum absolute atomic E-state index is 0.232. The minimum Gasteiger partial charge on any atom is -0.379 e. The van der Waals surface area contributed by atoms with Gasteiger partial charge in [0.1, 0.15) is 0 Å². The highest BCUT2D eigenvalue weighted by Crippen LogP contribution is 2.60. The lowest BCUT2D eigenvalue weighted by Crippen LogP contribution is -2.56. The lowest BCUT2D eigenvalue weighted by molar-refractivity contribution is -0.0831. The molecule has 3 nitrogen and oxygen atoms in total. The average molecular weight is 295 g/mol. The Morgan fingerprint density at radius 2 is 1.38 bits per heavy atom. The van der Waals surface area contributed by atoms with Crippen LogP contribution in [0.5, 0.6) is 0 Å². The number of hydrogen-bond donors (Lipinski definition) is 1. The van der Waals surface area contributed by atoms with Crippen molar-refractivity contribution in [3.05, 3.63) is 0 Å².